The third-order valence-electron chi connectivity index (χ3n) is 9.05. The fraction of sp³-hybridized carbons (Fsp3) is 0.571. The third kappa shape index (κ3) is 7.93. The van der Waals surface area contributed by atoms with Crippen molar-refractivity contribution in [3.05, 3.63) is 78.4 Å². The van der Waals surface area contributed by atoms with E-state index in [1.54, 1.807) is 19.2 Å². The summed E-state index contributed by atoms with van der Waals surface area (Å²) in [6.07, 6.45) is 2.44. The molecule has 2 aromatic rings. The summed E-state index contributed by atoms with van der Waals surface area (Å²) in [6.45, 7) is 21.3. The predicted molar refractivity (Wildman–Crippen MR) is 171 cm³/mol. The second-order valence-corrected chi connectivity index (χ2v) is 18.2. The number of esters is 1. The Bertz CT molecular complexity index is 1090. The van der Waals surface area contributed by atoms with Crippen molar-refractivity contribution in [1.29, 1.82) is 0 Å². The zero-order valence-electron chi connectivity index (χ0n) is 26.9. The maximum absolute atomic E-state index is 12.7. The molecule has 6 nitrogen and oxygen atoms in total. The second kappa shape index (κ2) is 15.3. The molecule has 4 atom stereocenters. The van der Waals surface area contributed by atoms with Crippen LogP contribution in [0.4, 0.5) is 0 Å². The first-order chi connectivity index (χ1) is 20.0. The van der Waals surface area contributed by atoms with Gasteiger partial charge in [0.1, 0.15) is 12.4 Å². The summed E-state index contributed by atoms with van der Waals surface area (Å²) in [5, 5.41) is 0. The van der Waals surface area contributed by atoms with E-state index in [2.05, 4.69) is 55.0 Å². The average Bonchev–Trinajstić information content (AvgIpc) is 2.97. The number of hydrogen-bond donors (Lipinski definition) is 0. The summed E-state index contributed by atoms with van der Waals surface area (Å²) in [6, 6.07) is 17.0. The first-order valence-corrected chi connectivity index (χ1v) is 17.5. The van der Waals surface area contributed by atoms with Gasteiger partial charge in [-0.1, -0.05) is 84.9 Å². The highest BCUT2D eigenvalue weighted by Gasteiger charge is 2.52. The van der Waals surface area contributed by atoms with Crippen LogP contribution in [0.3, 0.4) is 0 Å². The van der Waals surface area contributed by atoms with E-state index in [0.29, 0.717) is 48.2 Å². The lowest BCUT2D eigenvalue weighted by Gasteiger charge is -2.52. The standard InChI is InChI=1S/C35H52O6Si/c1-10-14-32-35(8,24-40-42(25(2)3,26(4)5)27(6)7)33(38-22-28-17-19-30(37-9)20-18-28)21-31(41-32)23-39-34(36)29-15-12-11-13-16-29/h10-13,15-20,25-27,31-33H,1,14,21-24H2,2-9H3/t31-,32-,33+,35-/m1/s1. The molecule has 0 N–H and O–H groups in total. The number of carbonyl (C=O) groups excluding carboxylic acids is 1. The van der Waals surface area contributed by atoms with Gasteiger partial charge in [0.2, 0.25) is 0 Å². The normalized spacial score (nSPS) is 22.9. The monoisotopic (exact) mass is 596 g/mol. The Labute approximate surface area is 254 Å². The SMILES string of the molecule is C=CC[C@H]1O[C@@H](COC(=O)c2ccccc2)C[C@H](OCc2ccc(OC)cc2)[C@]1(C)CO[Si](C(C)C)(C(C)C)C(C)C. The highest BCUT2D eigenvalue weighted by molar-refractivity contribution is 6.77. The minimum absolute atomic E-state index is 0.156. The summed E-state index contributed by atoms with van der Waals surface area (Å²) >= 11 is 0. The zero-order chi connectivity index (χ0) is 30.9. The van der Waals surface area contributed by atoms with Crippen LogP contribution >= 0.6 is 0 Å². The van der Waals surface area contributed by atoms with Crippen molar-refractivity contribution in [2.75, 3.05) is 20.3 Å². The smallest absolute Gasteiger partial charge is 0.338 e. The minimum Gasteiger partial charge on any atom is -0.497 e. The lowest BCUT2D eigenvalue weighted by molar-refractivity contribution is -0.215. The number of rotatable bonds is 15. The Balaban J connectivity index is 1.87. The van der Waals surface area contributed by atoms with Crippen LogP contribution in [0.15, 0.2) is 67.3 Å². The first-order valence-electron chi connectivity index (χ1n) is 15.3. The van der Waals surface area contributed by atoms with Crippen LogP contribution in [0, 0.1) is 5.41 Å². The molecule has 0 unspecified atom stereocenters. The number of carbonyl (C=O) groups is 1. The number of methoxy groups -OCH3 is 1. The summed E-state index contributed by atoms with van der Waals surface area (Å²) in [5.74, 6) is 0.458. The summed E-state index contributed by atoms with van der Waals surface area (Å²) < 4.78 is 31.7. The molecule has 0 spiro atoms. The molecule has 7 heteroatoms. The Morgan fingerprint density at radius 3 is 2.19 bits per heavy atom. The van der Waals surface area contributed by atoms with E-state index in [1.165, 1.54) is 0 Å². The van der Waals surface area contributed by atoms with Crippen molar-refractivity contribution >= 4 is 14.3 Å². The highest BCUT2D eigenvalue weighted by Crippen LogP contribution is 2.47. The third-order valence-corrected chi connectivity index (χ3v) is 15.1. The van der Waals surface area contributed by atoms with Crippen molar-refractivity contribution in [3.8, 4) is 5.75 Å². The molecule has 1 heterocycles. The molecule has 0 amide bonds. The zero-order valence-corrected chi connectivity index (χ0v) is 27.9. The van der Waals surface area contributed by atoms with Crippen LogP contribution in [-0.2, 0) is 25.2 Å². The summed E-state index contributed by atoms with van der Waals surface area (Å²) in [7, 11) is -0.478. The van der Waals surface area contributed by atoms with Crippen molar-refractivity contribution in [2.24, 2.45) is 5.41 Å². The molecule has 232 valence electrons. The Morgan fingerprint density at radius 1 is 1.02 bits per heavy atom. The van der Waals surface area contributed by atoms with Gasteiger partial charge >= 0.3 is 5.97 Å². The van der Waals surface area contributed by atoms with E-state index in [9.17, 15) is 4.79 Å². The molecular weight excluding hydrogens is 544 g/mol. The van der Waals surface area contributed by atoms with E-state index in [4.69, 9.17) is 23.4 Å². The predicted octanol–water partition coefficient (Wildman–Crippen LogP) is 8.37. The minimum atomic E-state index is -2.14. The van der Waals surface area contributed by atoms with Gasteiger partial charge in [0.25, 0.3) is 0 Å². The molecule has 0 bridgehead atoms. The Kier molecular flexibility index (Phi) is 12.4. The van der Waals surface area contributed by atoms with Crippen LogP contribution in [0.2, 0.25) is 16.6 Å². The van der Waals surface area contributed by atoms with Crippen LogP contribution in [0.25, 0.3) is 0 Å². The molecule has 1 saturated heterocycles. The van der Waals surface area contributed by atoms with Gasteiger partial charge in [-0.2, -0.15) is 0 Å². The average molecular weight is 597 g/mol. The fourth-order valence-electron chi connectivity index (χ4n) is 6.71. The van der Waals surface area contributed by atoms with Gasteiger partial charge in [-0.25, -0.2) is 4.79 Å². The maximum Gasteiger partial charge on any atom is 0.338 e. The number of hydrogen-bond acceptors (Lipinski definition) is 6. The number of ether oxygens (including phenoxy) is 4. The van der Waals surface area contributed by atoms with Gasteiger partial charge in [0, 0.05) is 18.4 Å². The fourth-order valence-corrected chi connectivity index (χ4v) is 12.3. The number of benzene rings is 2. The van der Waals surface area contributed by atoms with Crippen molar-refractivity contribution in [1.82, 2.24) is 0 Å². The Hall–Kier alpha value is -2.45. The van der Waals surface area contributed by atoms with Crippen LogP contribution in [-0.4, -0.2) is 52.9 Å². The van der Waals surface area contributed by atoms with E-state index in [-0.39, 0.29) is 30.9 Å². The quantitative estimate of drug-likeness (QED) is 0.117. The lowest BCUT2D eigenvalue weighted by atomic mass is 9.73. The largest absolute Gasteiger partial charge is 0.497 e. The summed E-state index contributed by atoms with van der Waals surface area (Å²) in [4.78, 5) is 12.7. The lowest BCUT2D eigenvalue weighted by Crippen LogP contribution is -2.59. The van der Waals surface area contributed by atoms with Crippen LogP contribution in [0.5, 0.6) is 5.75 Å². The van der Waals surface area contributed by atoms with Crippen molar-refractivity contribution < 1.29 is 28.2 Å². The molecule has 1 aliphatic rings. The first kappa shape index (κ1) is 34.0. The molecule has 42 heavy (non-hydrogen) atoms. The van der Waals surface area contributed by atoms with Gasteiger partial charge < -0.3 is 23.4 Å². The molecule has 2 aromatic carbocycles. The molecular formula is C35H52O6Si. The van der Waals surface area contributed by atoms with Crippen LogP contribution in [0.1, 0.15) is 77.2 Å². The van der Waals surface area contributed by atoms with Crippen molar-refractivity contribution in [3.63, 3.8) is 0 Å². The van der Waals surface area contributed by atoms with Gasteiger partial charge in [-0.15, -0.1) is 6.58 Å². The highest BCUT2D eigenvalue weighted by atomic mass is 28.4. The van der Waals surface area contributed by atoms with E-state index in [0.717, 1.165) is 11.3 Å². The van der Waals surface area contributed by atoms with Gasteiger partial charge in [0.05, 0.1) is 37.6 Å². The summed E-state index contributed by atoms with van der Waals surface area (Å²) in [5.41, 5.74) is 2.55. The second-order valence-electron chi connectivity index (χ2n) is 12.7. The van der Waals surface area contributed by atoms with Crippen LogP contribution < -0.4 is 4.74 Å². The van der Waals surface area contributed by atoms with E-state index >= 15 is 0 Å². The van der Waals surface area contributed by atoms with Gasteiger partial charge in [0.15, 0.2) is 8.32 Å². The molecule has 3 rings (SSSR count). The maximum atomic E-state index is 12.7. The van der Waals surface area contributed by atoms with Gasteiger partial charge in [-0.05, 0) is 52.9 Å². The van der Waals surface area contributed by atoms with E-state index < -0.39 is 13.7 Å². The van der Waals surface area contributed by atoms with Crippen molar-refractivity contribution in [2.45, 2.75) is 103 Å². The van der Waals surface area contributed by atoms with Gasteiger partial charge in [-0.3, -0.25) is 0 Å². The molecule has 0 aliphatic carbocycles. The topological polar surface area (TPSA) is 63.2 Å². The van der Waals surface area contributed by atoms with E-state index in [1.807, 2.05) is 48.5 Å². The molecule has 0 aromatic heterocycles. The Morgan fingerprint density at radius 2 is 1.64 bits per heavy atom. The molecule has 0 saturated carbocycles. The molecule has 1 fully saturated rings. The molecule has 1 aliphatic heterocycles. The molecule has 0 radical (unpaired) electrons.